The summed E-state index contributed by atoms with van der Waals surface area (Å²) in [6, 6.07) is 10.8. The van der Waals surface area contributed by atoms with Crippen LogP contribution in [-0.2, 0) is 10.3 Å². The summed E-state index contributed by atoms with van der Waals surface area (Å²) in [6.07, 6.45) is 0. The Bertz CT molecular complexity index is 628. The van der Waals surface area contributed by atoms with Crippen molar-refractivity contribution in [2.45, 2.75) is 12.5 Å². The summed E-state index contributed by atoms with van der Waals surface area (Å²) >= 11 is 0. The second kappa shape index (κ2) is 5.28. The van der Waals surface area contributed by atoms with Crippen molar-refractivity contribution in [1.29, 1.82) is 0 Å². The molecule has 0 saturated carbocycles. The number of anilines is 1. The van der Waals surface area contributed by atoms with Crippen LogP contribution in [0.25, 0.3) is 0 Å². The molecule has 0 aliphatic heterocycles. The Hall–Kier alpha value is -2.43. The van der Waals surface area contributed by atoms with Crippen LogP contribution in [0.5, 0.6) is 0 Å². The number of aliphatic carboxylic acids is 1. The van der Waals surface area contributed by atoms with Gasteiger partial charge in [0.15, 0.2) is 5.54 Å². The van der Waals surface area contributed by atoms with E-state index in [1.54, 1.807) is 6.07 Å². The molecular weight excluding hydrogens is 264 g/mol. The summed E-state index contributed by atoms with van der Waals surface area (Å²) in [5, 5.41) is 12.1. The summed E-state index contributed by atoms with van der Waals surface area (Å²) in [5.41, 5.74) is -1.16. The molecule has 0 heterocycles. The number of rotatable bonds is 4. The van der Waals surface area contributed by atoms with Crippen molar-refractivity contribution in [1.82, 2.24) is 0 Å². The topological polar surface area (TPSA) is 49.3 Å². The molecule has 3 nitrogen and oxygen atoms in total. The molecule has 104 valence electrons. The minimum Gasteiger partial charge on any atom is -0.479 e. The van der Waals surface area contributed by atoms with Crippen LogP contribution in [0.15, 0.2) is 48.5 Å². The fraction of sp³-hybridized carbons (Fsp3) is 0.133. The summed E-state index contributed by atoms with van der Waals surface area (Å²) in [7, 11) is 0. The second-order valence-corrected chi connectivity index (χ2v) is 4.54. The highest BCUT2D eigenvalue weighted by molar-refractivity contribution is 5.84. The minimum atomic E-state index is -1.56. The van der Waals surface area contributed by atoms with Crippen LogP contribution in [-0.4, -0.2) is 11.1 Å². The first-order chi connectivity index (χ1) is 9.43. The number of benzene rings is 2. The predicted octanol–water partition coefficient (Wildman–Crippen LogP) is 3.38. The SMILES string of the molecule is CC(Nc1ccccc1F)(C(=O)O)c1ccc(F)cc1. The molecule has 2 rings (SSSR count). The minimum absolute atomic E-state index is 0.0710. The smallest absolute Gasteiger partial charge is 0.333 e. The molecular formula is C15H13F2NO2. The predicted molar refractivity (Wildman–Crippen MR) is 71.4 cm³/mol. The van der Waals surface area contributed by atoms with Gasteiger partial charge in [-0.15, -0.1) is 0 Å². The normalized spacial score (nSPS) is 13.6. The van der Waals surface area contributed by atoms with Crippen LogP contribution in [0.3, 0.4) is 0 Å². The Kier molecular flexibility index (Phi) is 3.70. The van der Waals surface area contributed by atoms with Crippen molar-refractivity contribution >= 4 is 11.7 Å². The molecule has 0 aliphatic carbocycles. The van der Waals surface area contributed by atoms with Crippen molar-refractivity contribution in [2.75, 3.05) is 5.32 Å². The van der Waals surface area contributed by atoms with Crippen molar-refractivity contribution in [3.63, 3.8) is 0 Å². The Morgan fingerprint density at radius 1 is 1.10 bits per heavy atom. The number of halogens is 2. The molecule has 0 fully saturated rings. The molecule has 2 aromatic rings. The number of para-hydroxylation sites is 1. The lowest BCUT2D eigenvalue weighted by atomic mass is 9.91. The van der Waals surface area contributed by atoms with E-state index < -0.39 is 23.1 Å². The van der Waals surface area contributed by atoms with Gasteiger partial charge in [-0.3, -0.25) is 0 Å². The van der Waals surface area contributed by atoms with Crippen LogP contribution in [0.2, 0.25) is 0 Å². The number of carbonyl (C=O) groups is 1. The van der Waals surface area contributed by atoms with Crippen molar-refractivity contribution in [2.24, 2.45) is 0 Å². The molecule has 0 saturated heterocycles. The zero-order valence-corrected chi connectivity index (χ0v) is 10.7. The van der Waals surface area contributed by atoms with Gasteiger partial charge in [0.05, 0.1) is 5.69 Å². The average molecular weight is 277 g/mol. The summed E-state index contributed by atoms with van der Waals surface area (Å²) in [4.78, 5) is 11.5. The van der Waals surface area contributed by atoms with Gasteiger partial charge in [-0.2, -0.15) is 0 Å². The number of hydrogen-bond acceptors (Lipinski definition) is 2. The van der Waals surface area contributed by atoms with Crippen LogP contribution in [0, 0.1) is 11.6 Å². The lowest BCUT2D eigenvalue weighted by Gasteiger charge is -2.28. The van der Waals surface area contributed by atoms with E-state index in [2.05, 4.69) is 5.32 Å². The number of hydrogen-bond donors (Lipinski definition) is 2. The number of carboxylic acids is 1. The van der Waals surface area contributed by atoms with Crippen LogP contribution >= 0.6 is 0 Å². The highest BCUT2D eigenvalue weighted by Gasteiger charge is 2.35. The lowest BCUT2D eigenvalue weighted by Crippen LogP contribution is -2.40. The number of nitrogens with one attached hydrogen (secondary N) is 1. The van der Waals surface area contributed by atoms with Crippen LogP contribution < -0.4 is 5.32 Å². The van der Waals surface area contributed by atoms with Gasteiger partial charge >= 0.3 is 5.97 Å². The van der Waals surface area contributed by atoms with Gasteiger partial charge in [0.2, 0.25) is 0 Å². The van der Waals surface area contributed by atoms with E-state index >= 15 is 0 Å². The summed E-state index contributed by atoms with van der Waals surface area (Å²) in [6.45, 7) is 1.40. The fourth-order valence-corrected chi connectivity index (χ4v) is 1.86. The first-order valence-electron chi connectivity index (χ1n) is 5.95. The molecule has 0 aromatic heterocycles. The maximum absolute atomic E-state index is 13.6. The summed E-state index contributed by atoms with van der Waals surface area (Å²) < 4.78 is 26.6. The zero-order valence-electron chi connectivity index (χ0n) is 10.7. The molecule has 5 heteroatoms. The standard InChI is InChI=1S/C15H13F2NO2/c1-15(14(19)20,10-6-8-11(16)9-7-10)18-13-5-3-2-4-12(13)17/h2-9,18H,1H3,(H,19,20). The molecule has 20 heavy (non-hydrogen) atoms. The molecule has 0 aliphatic rings. The van der Waals surface area contributed by atoms with Gasteiger partial charge in [0.1, 0.15) is 11.6 Å². The first kappa shape index (κ1) is 14.0. The number of carboxylic acid groups (broad SMARTS) is 1. The Labute approximate surface area is 114 Å². The van der Waals surface area contributed by atoms with Crippen molar-refractivity contribution in [3.8, 4) is 0 Å². The van der Waals surface area contributed by atoms with Gasteiger partial charge in [-0.25, -0.2) is 13.6 Å². The molecule has 0 amide bonds. The molecule has 2 N–H and O–H groups in total. The largest absolute Gasteiger partial charge is 0.479 e. The van der Waals surface area contributed by atoms with Crippen molar-refractivity contribution < 1.29 is 18.7 Å². The van der Waals surface area contributed by atoms with Crippen molar-refractivity contribution in [3.05, 3.63) is 65.7 Å². The molecule has 0 spiro atoms. The third kappa shape index (κ3) is 2.61. The Morgan fingerprint density at radius 3 is 2.25 bits per heavy atom. The van der Waals surface area contributed by atoms with E-state index in [0.29, 0.717) is 5.56 Å². The monoisotopic (exact) mass is 277 g/mol. The molecule has 0 bridgehead atoms. The Balaban J connectivity index is 2.43. The van der Waals surface area contributed by atoms with E-state index in [9.17, 15) is 18.7 Å². The van der Waals surface area contributed by atoms with E-state index in [-0.39, 0.29) is 5.69 Å². The van der Waals surface area contributed by atoms with Crippen LogP contribution in [0.4, 0.5) is 14.5 Å². The Morgan fingerprint density at radius 2 is 1.70 bits per heavy atom. The average Bonchev–Trinajstić information content (AvgIpc) is 2.42. The highest BCUT2D eigenvalue weighted by atomic mass is 19.1. The van der Waals surface area contributed by atoms with E-state index in [1.807, 2.05) is 0 Å². The first-order valence-corrected chi connectivity index (χ1v) is 5.95. The van der Waals surface area contributed by atoms with E-state index in [1.165, 1.54) is 49.4 Å². The lowest BCUT2D eigenvalue weighted by molar-refractivity contribution is -0.142. The molecule has 0 radical (unpaired) electrons. The molecule has 2 aromatic carbocycles. The van der Waals surface area contributed by atoms with Gasteiger partial charge in [-0.1, -0.05) is 24.3 Å². The zero-order chi connectivity index (χ0) is 14.8. The van der Waals surface area contributed by atoms with Crippen LogP contribution in [0.1, 0.15) is 12.5 Å². The molecule has 1 atom stereocenters. The maximum Gasteiger partial charge on any atom is 0.333 e. The second-order valence-electron chi connectivity index (χ2n) is 4.54. The maximum atomic E-state index is 13.6. The fourth-order valence-electron chi connectivity index (χ4n) is 1.86. The van der Waals surface area contributed by atoms with E-state index in [4.69, 9.17) is 0 Å². The quantitative estimate of drug-likeness (QED) is 0.900. The third-order valence-electron chi connectivity index (χ3n) is 3.11. The van der Waals surface area contributed by atoms with Gasteiger partial charge in [-0.05, 0) is 36.8 Å². The third-order valence-corrected chi connectivity index (χ3v) is 3.11. The van der Waals surface area contributed by atoms with Gasteiger partial charge < -0.3 is 10.4 Å². The van der Waals surface area contributed by atoms with Gasteiger partial charge in [0.25, 0.3) is 0 Å². The highest BCUT2D eigenvalue weighted by Crippen LogP contribution is 2.28. The molecule has 1 unspecified atom stereocenters. The summed E-state index contributed by atoms with van der Waals surface area (Å²) in [5.74, 6) is -2.21. The van der Waals surface area contributed by atoms with Gasteiger partial charge in [0, 0.05) is 0 Å². The van der Waals surface area contributed by atoms with E-state index in [0.717, 1.165) is 0 Å².